The summed E-state index contributed by atoms with van der Waals surface area (Å²) in [5.41, 5.74) is 0.260. The molecule has 0 bridgehead atoms. The van der Waals surface area contributed by atoms with Crippen LogP contribution in [0.15, 0.2) is 36.4 Å². The van der Waals surface area contributed by atoms with Crippen molar-refractivity contribution < 1.29 is 18.7 Å². The molecule has 0 aliphatic heterocycles. The number of hydrogen-bond acceptors (Lipinski definition) is 3. The second kappa shape index (κ2) is 6.01. The second-order valence-electron chi connectivity index (χ2n) is 4.29. The molecule has 2 N–H and O–H groups in total. The van der Waals surface area contributed by atoms with E-state index in [0.29, 0.717) is 11.1 Å². The number of aromatic carboxylic acids is 1. The van der Waals surface area contributed by atoms with Crippen molar-refractivity contribution in [2.75, 3.05) is 5.32 Å². The largest absolute Gasteiger partial charge is 0.478 e. The molecule has 0 spiro atoms. The Balaban J connectivity index is 2.20. The van der Waals surface area contributed by atoms with Crippen molar-refractivity contribution in [3.05, 3.63) is 64.7 Å². The summed E-state index contributed by atoms with van der Waals surface area (Å²) < 4.78 is 27.4. The van der Waals surface area contributed by atoms with Gasteiger partial charge in [0.2, 0.25) is 0 Å². The van der Waals surface area contributed by atoms with Crippen LogP contribution in [0.5, 0.6) is 0 Å². The van der Waals surface area contributed by atoms with Gasteiger partial charge in [0.05, 0.1) is 17.2 Å². The monoisotopic (exact) mass is 288 g/mol. The molecule has 2 rings (SSSR count). The first-order chi connectivity index (χ1) is 10.0. The minimum absolute atomic E-state index is 0.107. The highest BCUT2D eigenvalue weighted by molar-refractivity contribution is 5.88. The molecule has 0 saturated carbocycles. The molecule has 2 aromatic carbocycles. The highest BCUT2D eigenvalue weighted by Crippen LogP contribution is 2.21. The van der Waals surface area contributed by atoms with Crippen LogP contribution in [0, 0.1) is 23.0 Å². The average molecular weight is 288 g/mol. The van der Waals surface area contributed by atoms with Crippen LogP contribution in [-0.2, 0) is 6.54 Å². The SMILES string of the molecule is N#Cc1cccc(CNc2c(F)cc(C(=O)O)cc2F)c1. The molecule has 4 nitrogen and oxygen atoms in total. The molecular weight excluding hydrogens is 278 g/mol. The lowest BCUT2D eigenvalue weighted by Gasteiger charge is -2.10. The van der Waals surface area contributed by atoms with Gasteiger partial charge in [-0.1, -0.05) is 12.1 Å². The average Bonchev–Trinajstić information content (AvgIpc) is 2.46. The number of hydrogen-bond donors (Lipinski definition) is 2. The van der Waals surface area contributed by atoms with Gasteiger partial charge in [0.1, 0.15) is 17.3 Å². The molecule has 0 unspecified atom stereocenters. The Morgan fingerprint density at radius 3 is 2.48 bits per heavy atom. The summed E-state index contributed by atoms with van der Waals surface area (Å²) in [6, 6.07) is 10.0. The number of rotatable bonds is 4. The zero-order valence-electron chi connectivity index (χ0n) is 10.7. The number of benzene rings is 2. The van der Waals surface area contributed by atoms with E-state index in [0.717, 1.165) is 12.1 Å². The van der Waals surface area contributed by atoms with Crippen molar-refractivity contribution >= 4 is 11.7 Å². The summed E-state index contributed by atoms with van der Waals surface area (Å²) in [6.07, 6.45) is 0. The highest BCUT2D eigenvalue weighted by atomic mass is 19.1. The van der Waals surface area contributed by atoms with E-state index in [1.54, 1.807) is 24.3 Å². The molecule has 21 heavy (non-hydrogen) atoms. The van der Waals surface area contributed by atoms with Crippen LogP contribution in [0.3, 0.4) is 0 Å². The number of nitrogens with zero attached hydrogens (tertiary/aromatic N) is 1. The van der Waals surface area contributed by atoms with Gasteiger partial charge >= 0.3 is 5.97 Å². The number of carboxylic acid groups (broad SMARTS) is 1. The van der Waals surface area contributed by atoms with Crippen molar-refractivity contribution in [3.63, 3.8) is 0 Å². The molecule has 0 radical (unpaired) electrons. The maximum absolute atomic E-state index is 13.7. The first-order valence-corrected chi connectivity index (χ1v) is 5.96. The lowest BCUT2D eigenvalue weighted by Crippen LogP contribution is -2.06. The van der Waals surface area contributed by atoms with Gasteiger partial charge < -0.3 is 10.4 Å². The summed E-state index contributed by atoms with van der Waals surface area (Å²) in [5.74, 6) is -3.37. The minimum atomic E-state index is -1.40. The molecule has 0 saturated heterocycles. The van der Waals surface area contributed by atoms with Crippen LogP contribution in [0.4, 0.5) is 14.5 Å². The molecule has 106 valence electrons. The third kappa shape index (κ3) is 3.34. The minimum Gasteiger partial charge on any atom is -0.478 e. The fraction of sp³-hybridized carbons (Fsp3) is 0.0667. The molecule has 0 atom stereocenters. The molecule has 0 aromatic heterocycles. The zero-order valence-corrected chi connectivity index (χ0v) is 10.7. The number of nitrogens with one attached hydrogen (secondary N) is 1. The predicted molar refractivity (Wildman–Crippen MR) is 71.8 cm³/mol. The summed E-state index contributed by atoms with van der Waals surface area (Å²) >= 11 is 0. The Morgan fingerprint density at radius 1 is 1.24 bits per heavy atom. The van der Waals surface area contributed by atoms with Crippen LogP contribution >= 0.6 is 0 Å². The molecule has 0 aliphatic rings. The summed E-state index contributed by atoms with van der Waals surface area (Å²) in [6.45, 7) is 0.107. The zero-order chi connectivity index (χ0) is 15.4. The fourth-order valence-electron chi connectivity index (χ4n) is 1.81. The van der Waals surface area contributed by atoms with Crippen LogP contribution in [-0.4, -0.2) is 11.1 Å². The van der Waals surface area contributed by atoms with Gasteiger partial charge in [-0.25, -0.2) is 13.6 Å². The Kier molecular flexibility index (Phi) is 4.14. The maximum Gasteiger partial charge on any atom is 0.335 e. The van der Waals surface area contributed by atoms with Crippen molar-refractivity contribution in [3.8, 4) is 6.07 Å². The molecular formula is C15H10F2N2O2. The van der Waals surface area contributed by atoms with Crippen LogP contribution in [0.25, 0.3) is 0 Å². The number of nitriles is 1. The molecule has 0 aliphatic carbocycles. The lowest BCUT2D eigenvalue weighted by molar-refractivity contribution is 0.0696. The standard InChI is InChI=1S/C15H10F2N2O2/c16-12-5-11(15(20)21)6-13(17)14(12)19-8-10-3-1-2-9(4-10)7-18/h1-6,19H,8H2,(H,20,21). The number of carbonyl (C=O) groups is 1. The summed E-state index contributed by atoms with van der Waals surface area (Å²) in [7, 11) is 0. The summed E-state index contributed by atoms with van der Waals surface area (Å²) in [4.78, 5) is 10.7. The molecule has 0 heterocycles. The van der Waals surface area contributed by atoms with E-state index in [4.69, 9.17) is 10.4 Å². The Morgan fingerprint density at radius 2 is 1.90 bits per heavy atom. The van der Waals surface area contributed by atoms with E-state index in [2.05, 4.69) is 5.32 Å². The number of carboxylic acids is 1. The van der Waals surface area contributed by atoms with Gasteiger partial charge in [0.15, 0.2) is 0 Å². The summed E-state index contributed by atoms with van der Waals surface area (Å²) in [5, 5.41) is 20.0. The van der Waals surface area contributed by atoms with Gasteiger partial charge in [-0.15, -0.1) is 0 Å². The number of halogens is 2. The molecule has 6 heteroatoms. The van der Waals surface area contributed by atoms with Crippen LogP contribution < -0.4 is 5.32 Å². The normalized spacial score (nSPS) is 9.95. The Labute approximate surface area is 119 Å². The van der Waals surface area contributed by atoms with Crippen LogP contribution in [0.1, 0.15) is 21.5 Å². The topological polar surface area (TPSA) is 73.1 Å². The fourth-order valence-corrected chi connectivity index (χ4v) is 1.81. The van der Waals surface area contributed by atoms with E-state index in [-0.39, 0.29) is 6.54 Å². The first kappa shape index (κ1) is 14.5. The van der Waals surface area contributed by atoms with E-state index in [1.807, 2.05) is 6.07 Å². The van der Waals surface area contributed by atoms with Gasteiger partial charge in [-0.3, -0.25) is 0 Å². The number of anilines is 1. The van der Waals surface area contributed by atoms with E-state index >= 15 is 0 Å². The smallest absolute Gasteiger partial charge is 0.335 e. The van der Waals surface area contributed by atoms with Crippen molar-refractivity contribution in [2.24, 2.45) is 0 Å². The van der Waals surface area contributed by atoms with Crippen molar-refractivity contribution in [1.82, 2.24) is 0 Å². The third-order valence-corrected chi connectivity index (χ3v) is 2.81. The quantitative estimate of drug-likeness (QED) is 0.906. The lowest BCUT2D eigenvalue weighted by atomic mass is 10.1. The Bertz CT molecular complexity index is 716. The predicted octanol–water partition coefficient (Wildman–Crippen LogP) is 3.15. The first-order valence-electron chi connectivity index (χ1n) is 5.96. The maximum atomic E-state index is 13.7. The molecule has 0 amide bonds. The Hall–Kier alpha value is -2.94. The van der Waals surface area contributed by atoms with E-state index < -0.39 is 28.9 Å². The third-order valence-electron chi connectivity index (χ3n) is 2.81. The van der Waals surface area contributed by atoms with Crippen molar-refractivity contribution in [1.29, 1.82) is 5.26 Å². The van der Waals surface area contributed by atoms with Crippen molar-refractivity contribution in [2.45, 2.75) is 6.54 Å². The van der Waals surface area contributed by atoms with Gasteiger partial charge in [-0.05, 0) is 29.8 Å². The van der Waals surface area contributed by atoms with Gasteiger partial charge in [0.25, 0.3) is 0 Å². The van der Waals surface area contributed by atoms with Crippen LogP contribution in [0.2, 0.25) is 0 Å². The second-order valence-corrected chi connectivity index (χ2v) is 4.29. The van der Waals surface area contributed by atoms with E-state index in [1.165, 1.54) is 0 Å². The van der Waals surface area contributed by atoms with Gasteiger partial charge in [0, 0.05) is 6.54 Å². The highest BCUT2D eigenvalue weighted by Gasteiger charge is 2.14. The van der Waals surface area contributed by atoms with Gasteiger partial charge in [-0.2, -0.15) is 5.26 Å². The van der Waals surface area contributed by atoms with E-state index in [9.17, 15) is 13.6 Å². The molecule has 0 fully saturated rings. The molecule has 2 aromatic rings.